The predicted octanol–water partition coefficient (Wildman–Crippen LogP) is 1.44. The average Bonchev–Trinajstić information content (AvgIpc) is 2.55. The molecule has 0 bridgehead atoms. The zero-order valence-corrected chi connectivity index (χ0v) is 12.5. The van der Waals surface area contributed by atoms with E-state index in [0.717, 1.165) is 31.2 Å². The summed E-state index contributed by atoms with van der Waals surface area (Å²) in [6.07, 6.45) is 3.28. The van der Waals surface area contributed by atoms with Crippen LogP contribution in [0.5, 0.6) is 0 Å². The topological polar surface area (TPSA) is 75.6 Å². The van der Waals surface area contributed by atoms with Crippen LogP contribution in [0.15, 0.2) is 24.3 Å². The fraction of sp³-hybridized carbons (Fsp3) is 0.529. The molecular formula is C17H21NO4. The molecule has 1 aromatic rings. The molecule has 0 radical (unpaired) electrons. The Balaban J connectivity index is 1.59. The van der Waals surface area contributed by atoms with Gasteiger partial charge >= 0.3 is 5.97 Å². The number of fused-ring (bicyclic) bond motifs is 1. The zero-order chi connectivity index (χ0) is 15.5. The maximum Gasteiger partial charge on any atom is 0.339 e. The number of nitrogens with one attached hydrogen (secondary N) is 1. The van der Waals surface area contributed by atoms with E-state index in [1.807, 2.05) is 12.1 Å². The van der Waals surface area contributed by atoms with Crippen molar-refractivity contribution < 1.29 is 19.4 Å². The van der Waals surface area contributed by atoms with Crippen LogP contribution in [0.3, 0.4) is 0 Å². The monoisotopic (exact) mass is 303 g/mol. The Bertz CT molecular complexity index is 564. The third kappa shape index (κ3) is 3.14. The van der Waals surface area contributed by atoms with Crippen LogP contribution in [0.4, 0.5) is 0 Å². The first-order chi connectivity index (χ1) is 10.7. The number of carbonyl (C=O) groups is 2. The third-order valence-electron chi connectivity index (χ3n) is 4.64. The Labute approximate surface area is 129 Å². The number of benzene rings is 1. The smallest absolute Gasteiger partial charge is 0.339 e. The number of amides is 1. The van der Waals surface area contributed by atoms with E-state index in [2.05, 4.69) is 5.32 Å². The van der Waals surface area contributed by atoms with Crippen LogP contribution in [0, 0.1) is 5.92 Å². The molecule has 3 rings (SSSR count). The maximum absolute atomic E-state index is 12.3. The van der Waals surface area contributed by atoms with Crippen LogP contribution < -0.4 is 5.32 Å². The Morgan fingerprint density at radius 1 is 1.23 bits per heavy atom. The molecule has 1 heterocycles. The molecule has 1 fully saturated rings. The zero-order valence-electron chi connectivity index (χ0n) is 12.5. The lowest BCUT2D eigenvalue weighted by atomic mass is 9.86. The summed E-state index contributed by atoms with van der Waals surface area (Å²) >= 11 is 0. The fourth-order valence-electron chi connectivity index (χ4n) is 3.26. The highest BCUT2D eigenvalue weighted by Gasteiger charge is 2.32. The molecule has 0 spiro atoms. The Morgan fingerprint density at radius 2 is 1.95 bits per heavy atom. The van der Waals surface area contributed by atoms with Gasteiger partial charge in [-0.25, -0.2) is 4.79 Å². The first-order valence-electron chi connectivity index (χ1n) is 7.87. The second-order valence-corrected chi connectivity index (χ2v) is 6.16. The van der Waals surface area contributed by atoms with Crippen molar-refractivity contribution in [3.05, 3.63) is 35.4 Å². The molecule has 0 aromatic heterocycles. The highest BCUT2D eigenvalue weighted by atomic mass is 16.5. The summed E-state index contributed by atoms with van der Waals surface area (Å²) in [7, 11) is 0. The molecule has 118 valence electrons. The summed E-state index contributed by atoms with van der Waals surface area (Å²) in [5.74, 6) is -0.283. The Kier molecular flexibility index (Phi) is 4.43. The number of ether oxygens (including phenoxy) is 1. The van der Waals surface area contributed by atoms with Gasteiger partial charge in [-0.05, 0) is 43.2 Å². The number of carbonyl (C=O) groups excluding carboxylic acids is 2. The van der Waals surface area contributed by atoms with E-state index in [4.69, 9.17) is 9.84 Å². The molecule has 2 N–H and O–H groups in total. The van der Waals surface area contributed by atoms with Crippen molar-refractivity contribution in [3.63, 3.8) is 0 Å². The Morgan fingerprint density at radius 3 is 2.68 bits per heavy atom. The van der Waals surface area contributed by atoms with Gasteiger partial charge < -0.3 is 15.2 Å². The summed E-state index contributed by atoms with van der Waals surface area (Å²) < 4.78 is 5.27. The van der Waals surface area contributed by atoms with Gasteiger partial charge in [-0.3, -0.25) is 4.79 Å². The molecule has 1 aliphatic carbocycles. The van der Waals surface area contributed by atoms with Crippen molar-refractivity contribution in [2.75, 3.05) is 6.61 Å². The first kappa shape index (κ1) is 15.0. The molecular weight excluding hydrogens is 282 g/mol. The van der Waals surface area contributed by atoms with Gasteiger partial charge in [-0.1, -0.05) is 18.2 Å². The van der Waals surface area contributed by atoms with Crippen LogP contribution in [-0.4, -0.2) is 35.7 Å². The summed E-state index contributed by atoms with van der Waals surface area (Å²) in [6, 6.07) is 7.36. The predicted molar refractivity (Wildman–Crippen MR) is 80.3 cm³/mol. The van der Waals surface area contributed by atoms with Crippen LogP contribution in [0.1, 0.15) is 41.6 Å². The number of aliphatic hydroxyl groups excluding tert-OH is 1. The van der Waals surface area contributed by atoms with Crippen molar-refractivity contribution in [2.45, 2.75) is 44.2 Å². The van der Waals surface area contributed by atoms with E-state index in [0.29, 0.717) is 17.9 Å². The van der Waals surface area contributed by atoms with E-state index >= 15 is 0 Å². The van der Waals surface area contributed by atoms with Crippen molar-refractivity contribution in [2.24, 2.45) is 5.92 Å². The number of esters is 1. The van der Waals surface area contributed by atoms with Gasteiger partial charge in [-0.15, -0.1) is 0 Å². The second-order valence-electron chi connectivity index (χ2n) is 6.16. The van der Waals surface area contributed by atoms with Crippen LogP contribution in [0.2, 0.25) is 0 Å². The van der Waals surface area contributed by atoms with Crippen molar-refractivity contribution in [3.8, 4) is 0 Å². The fourth-order valence-corrected chi connectivity index (χ4v) is 3.26. The number of hydrogen-bond acceptors (Lipinski definition) is 4. The summed E-state index contributed by atoms with van der Waals surface area (Å²) in [5.41, 5.74) is 1.41. The van der Waals surface area contributed by atoms with E-state index in [1.165, 1.54) is 0 Å². The molecule has 2 aliphatic rings. The molecule has 1 unspecified atom stereocenters. The summed E-state index contributed by atoms with van der Waals surface area (Å²) in [4.78, 5) is 24.3. The normalized spacial score (nSPS) is 27.7. The van der Waals surface area contributed by atoms with Crippen molar-refractivity contribution in [1.82, 2.24) is 5.32 Å². The maximum atomic E-state index is 12.3. The van der Waals surface area contributed by atoms with Gasteiger partial charge in [0.2, 0.25) is 0 Å². The van der Waals surface area contributed by atoms with Crippen molar-refractivity contribution in [1.29, 1.82) is 0 Å². The number of aliphatic hydroxyl groups is 1. The molecule has 5 nitrogen and oxygen atoms in total. The SMILES string of the molecule is O=C1OC(C(=O)NC2CCC(CO)CC2)Cc2ccccc21. The van der Waals surface area contributed by atoms with Gasteiger partial charge in [0.15, 0.2) is 6.10 Å². The minimum absolute atomic E-state index is 0.117. The minimum atomic E-state index is -0.738. The van der Waals surface area contributed by atoms with Crippen LogP contribution in [-0.2, 0) is 16.0 Å². The molecule has 1 atom stereocenters. The van der Waals surface area contributed by atoms with Crippen molar-refractivity contribution >= 4 is 11.9 Å². The van der Waals surface area contributed by atoms with Crippen LogP contribution in [0.25, 0.3) is 0 Å². The molecule has 5 heteroatoms. The first-order valence-corrected chi connectivity index (χ1v) is 7.87. The summed E-state index contributed by atoms with van der Waals surface area (Å²) in [6.45, 7) is 0.220. The average molecular weight is 303 g/mol. The highest BCUT2D eigenvalue weighted by molar-refractivity contribution is 5.95. The lowest BCUT2D eigenvalue weighted by molar-refractivity contribution is -0.131. The Hall–Kier alpha value is -1.88. The van der Waals surface area contributed by atoms with Crippen LogP contribution >= 0.6 is 0 Å². The molecule has 1 aromatic carbocycles. The highest BCUT2D eigenvalue weighted by Crippen LogP contribution is 2.25. The van der Waals surface area contributed by atoms with Gasteiger partial charge in [0.1, 0.15) is 0 Å². The van der Waals surface area contributed by atoms with E-state index in [9.17, 15) is 9.59 Å². The third-order valence-corrected chi connectivity index (χ3v) is 4.64. The van der Waals surface area contributed by atoms with Gasteiger partial charge in [0, 0.05) is 19.1 Å². The van der Waals surface area contributed by atoms with Gasteiger partial charge in [0.25, 0.3) is 5.91 Å². The lowest BCUT2D eigenvalue weighted by Crippen LogP contribution is -2.47. The standard InChI is InChI=1S/C17H21NO4/c19-10-11-5-7-13(8-6-11)18-16(20)15-9-12-3-1-2-4-14(12)17(21)22-15/h1-4,11,13,15,19H,5-10H2,(H,18,20). The molecule has 1 amide bonds. The minimum Gasteiger partial charge on any atom is -0.448 e. The summed E-state index contributed by atoms with van der Waals surface area (Å²) in [5, 5.41) is 12.1. The van der Waals surface area contributed by atoms with Gasteiger partial charge in [0.05, 0.1) is 5.56 Å². The van der Waals surface area contributed by atoms with E-state index in [1.54, 1.807) is 12.1 Å². The molecule has 0 saturated heterocycles. The quantitative estimate of drug-likeness (QED) is 0.828. The number of cyclic esters (lactones) is 1. The number of rotatable bonds is 3. The molecule has 22 heavy (non-hydrogen) atoms. The molecule has 1 saturated carbocycles. The number of hydrogen-bond donors (Lipinski definition) is 2. The molecule has 1 aliphatic heterocycles. The lowest BCUT2D eigenvalue weighted by Gasteiger charge is -2.30. The van der Waals surface area contributed by atoms with Gasteiger partial charge in [-0.2, -0.15) is 0 Å². The van der Waals surface area contributed by atoms with E-state index < -0.39 is 12.1 Å². The van der Waals surface area contributed by atoms with E-state index in [-0.39, 0.29) is 18.6 Å². The second kappa shape index (κ2) is 6.48. The largest absolute Gasteiger partial charge is 0.448 e.